The molecule has 0 atom stereocenters. The fourth-order valence-electron chi connectivity index (χ4n) is 3.57. The summed E-state index contributed by atoms with van der Waals surface area (Å²) in [6.45, 7) is 3.08. The van der Waals surface area contributed by atoms with Crippen molar-refractivity contribution in [3.05, 3.63) is 93.5 Å². The molecule has 0 fully saturated rings. The molecule has 1 heterocycles. The van der Waals surface area contributed by atoms with E-state index in [1.54, 1.807) is 12.1 Å². The van der Waals surface area contributed by atoms with Crippen LogP contribution < -0.4 is 9.64 Å². The Morgan fingerprint density at radius 1 is 1.00 bits per heavy atom. The van der Waals surface area contributed by atoms with E-state index in [1.165, 1.54) is 0 Å². The number of carbonyl (C=O) groups excluding carboxylic acids is 1. The Labute approximate surface area is 186 Å². The fraction of sp³-hybridized carbons (Fsp3) is 0.160. The number of nitrogens with zero attached hydrogens (tertiary/aromatic N) is 1. The first-order valence-electron chi connectivity index (χ1n) is 9.87. The molecule has 152 valence electrons. The van der Waals surface area contributed by atoms with Gasteiger partial charge in [-0.15, -0.1) is 0 Å². The Morgan fingerprint density at radius 3 is 2.57 bits per heavy atom. The third-order valence-corrected chi connectivity index (χ3v) is 5.61. The molecule has 0 unspecified atom stereocenters. The van der Waals surface area contributed by atoms with Gasteiger partial charge in [0.25, 0.3) is 5.91 Å². The summed E-state index contributed by atoms with van der Waals surface area (Å²) in [5.41, 5.74) is 4.28. The van der Waals surface area contributed by atoms with Gasteiger partial charge in [0.15, 0.2) is 0 Å². The van der Waals surface area contributed by atoms with Crippen LogP contribution in [0.3, 0.4) is 0 Å². The Bertz CT molecular complexity index is 1120. The zero-order valence-corrected chi connectivity index (χ0v) is 18.1. The van der Waals surface area contributed by atoms with Crippen LogP contribution in [-0.2, 0) is 11.4 Å². The quantitative estimate of drug-likeness (QED) is 0.393. The van der Waals surface area contributed by atoms with E-state index < -0.39 is 0 Å². The van der Waals surface area contributed by atoms with Crippen LogP contribution in [0, 0.1) is 0 Å². The smallest absolute Gasteiger partial charge is 0.258 e. The summed E-state index contributed by atoms with van der Waals surface area (Å²) in [6.07, 6.45) is 2.81. The first kappa shape index (κ1) is 20.5. The maximum absolute atomic E-state index is 13.1. The van der Waals surface area contributed by atoms with Crippen molar-refractivity contribution in [2.75, 3.05) is 11.4 Å². The highest BCUT2D eigenvalue weighted by molar-refractivity contribution is 6.36. The van der Waals surface area contributed by atoms with Crippen molar-refractivity contribution in [1.82, 2.24) is 0 Å². The molecule has 1 aliphatic rings. The maximum Gasteiger partial charge on any atom is 0.258 e. The van der Waals surface area contributed by atoms with Crippen LogP contribution in [0.1, 0.15) is 30.0 Å². The van der Waals surface area contributed by atoms with Crippen LogP contribution in [0.4, 0.5) is 5.69 Å². The number of halogens is 2. The third-order valence-electron chi connectivity index (χ3n) is 5.02. The highest BCUT2D eigenvalue weighted by Gasteiger charge is 2.31. The molecule has 30 heavy (non-hydrogen) atoms. The predicted molar refractivity (Wildman–Crippen MR) is 124 cm³/mol. The van der Waals surface area contributed by atoms with E-state index in [-0.39, 0.29) is 5.91 Å². The summed E-state index contributed by atoms with van der Waals surface area (Å²) in [5, 5.41) is 1.15. The number of hydrogen-bond acceptors (Lipinski definition) is 2. The Balaban J connectivity index is 1.65. The van der Waals surface area contributed by atoms with E-state index in [1.807, 2.05) is 65.6 Å². The second-order valence-electron chi connectivity index (χ2n) is 7.09. The van der Waals surface area contributed by atoms with Crippen LogP contribution in [0.2, 0.25) is 10.0 Å². The van der Waals surface area contributed by atoms with E-state index in [0.717, 1.165) is 28.8 Å². The summed E-state index contributed by atoms with van der Waals surface area (Å²) < 4.78 is 6.05. The lowest BCUT2D eigenvalue weighted by Gasteiger charge is -2.15. The highest BCUT2D eigenvalue weighted by Crippen LogP contribution is 2.38. The average molecular weight is 438 g/mol. The largest absolute Gasteiger partial charge is 0.488 e. The van der Waals surface area contributed by atoms with E-state index in [0.29, 0.717) is 34.5 Å². The summed E-state index contributed by atoms with van der Waals surface area (Å²) in [6, 6.07) is 20.9. The monoisotopic (exact) mass is 437 g/mol. The lowest BCUT2D eigenvalue weighted by atomic mass is 10.0. The van der Waals surface area contributed by atoms with Crippen LogP contribution in [0.15, 0.2) is 66.7 Å². The van der Waals surface area contributed by atoms with Gasteiger partial charge in [0, 0.05) is 38.9 Å². The molecular formula is C25H21Cl2NO2. The number of fused-ring (bicyclic) bond motifs is 1. The van der Waals surface area contributed by atoms with Crippen molar-refractivity contribution in [3.63, 3.8) is 0 Å². The molecule has 4 rings (SSSR count). The zero-order valence-electron chi connectivity index (χ0n) is 16.6. The topological polar surface area (TPSA) is 29.5 Å². The molecule has 0 spiro atoms. The van der Waals surface area contributed by atoms with Crippen molar-refractivity contribution in [3.8, 4) is 5.75 Å². The lowest BCUT2D eigenvalue weighted by molar-refractivity contribution is -0.113. The van der Waals surface area contributed by atoms with E-state index in [2.05, 4.69) is 6.92 Å². The van der Waals surface area contributed by atoms with Crippen molar-refractivity contribution in [1.29, 1.82) is 0 Å². The van der Waals surface area contributed by atoms with Gasteiger partial charge in [-0.25, -0.2) is 0 Å². The standard InChI is InChI=1S/C25H21Cl2NO2/c1-2-13-28-23-9-5-4-8-20(23)21(25(28)29)14-17-7-3-6-10-24(17)30-16-18-11-12-19(26)15-22(18)27/h3-12,14-15H,2,13,16H2,1H3/b21-14-. The van der Waals surface area contributed by atoms with Gasteiger partial charge >= 0.3 is 0 Å². The number of para-hydroxylation sites is 2. The minimum Gasteiger partial charge on any atom is -0.488 e. The lowest BCUT2D eigenvalue weighted by Crippen LogP contribution is -2.26. The number of anilines is 1. The van der Waals surface area contributed by atoms with Gasteiger partial charge in [0.2, 0.25) is 0 Å². The van der Waals surface area contributed by atoms with Gasteiger partial charge in [-0.2, -0.15) is 0 Å². The van der Waals surface area contributed by atoms with E-state index in [9.17, 15) is 4.79 Å². The second-order valence-corrected chi connectivity index (χ2v) is 7.94. The molecule has 3 nitrogen and oxygen atoms in total. The number of benzene rings is 3. The summed E-state index contributed by atoms with van der Waals surface area (Å²) in [5.74, 6) is 0.712. The van der Waals surface area contributed by atoms with E-state index >= 15 is 0 Å². The molecule has 3 aromatic rings. The normalized spacial score (nSPS) is 14.3. The Morgan fingerprint density at radius 2 is 1.77 bits per heavy atom. The molecule has 0 aliphatic carbocycles. The van der Waals surface area contributed by atoms with Crippen LogP contribution in [0.25, 0.3) is 11.6 Å². The predicted octanol–water partition coefficient (Wildman–Crippen LogP) is 6.87. The fourth-order valence-corrected chi connectivity index (χ4v) is 4.04. The SMILES string of the molecule is CCCN1C(=O)/C(=C\c2ccccc2OCc2ccc(Cl)cc2Cl)c2ccccc21. The molecule has 5 heteroatoms. The number of hydrogen-bond donors (Lipinski definition) is 0. The molecule has 1 aliphatic heterocycles. The van der Waals surface area contributed by atoms with Gasteiger partial charge in [0.1, 0.15) is 12.4 Å². The highest BCUT2D eigenvalue weighted by atomic mass is 35.5. The maximum atomic E-state index is 13.1. The van der Waals surface area contributed by atoms with Gasteiger partial charge in [-0.3, -0.25) is 4.79 Å². The van der Waals surface area contributed by atoms with Crippen molar-refractivity contribution >= 4 is 46.4 Å². The van der Waals surface area contributed by atoms with Crippen LogP contribution in [0.5, 0.6) is 5.75 Å². The molecule has 0 radical (unpaired) electrons. The van der Waals surface area contributed by atoms with Gasteiger partial charge < -0.3 is 9.64 Å². The van der Waals surface area contributed by atoms with Crippen LogP contribution >= 0.6 is 23.2 Å². The van der Waals surface area contributed by atoms with Crippen molar-refractivity contribution < 1.29 is 9.53 Å². The molecule has 0 saturated carbocycles. The summed E-state index contributed by atoms with van der Waals surface area (Å²) in [7, 11) is 0. The van der Waals surface area contributed by atoms with Gasteiger partial charge in [-0.1, -0.05) is 72.6 Å². The van der Waals surface area contributed by atoms with Crippen molar-refractivity contribution in [2.24, 2.45) is 0 Å². The van der Waals surface area contributed by atoms with Crippen LogP contribution in [-0.4, -0.2) is 12.5 Å². The molecule has 0 N–H and O–H groups in total. The number of carbonyl (C=O) groups is 1. The van der Waals surface area contributed by atoms with Gasteiger partial charge in [-0.05, 0) is 36.8 Å². The molecular weight excluding hydrogens is 417 g/mol. The zero-order chi connectivity index (χ0) is 21.1. The number of amides is 1. The number of ether oxygens (including phenoxy) is 1. The van der Waals surface area contributed by atoms with Crippen molar-refractivity contribution in [2.45, 2.75) is 20.0 Å². The first-order valence-corrected chi connectivity index (χ1v) is 10.6. The second kappa shape index (κ2) is 8.95. The molecule has 0 saturated heterocycles. The van der Waals surface area contributed by atoms with Gasteiger partial charge in [0.05, 0.1) is 5.69 Å². The minimum atomic E-state index is 0.0219. The summed E-state index contributed by atoms with van der Waals surface area (Å²) in [4.78, 5) is 15.0. The first-order chi connectivity index (χ1) is 14.6. The summed E-state index contributed by atoms with van der Waals surface area (Å²) >= 11 is 12.2. The number of rotatable bonds is 6. The third kappa shape index (κ3) is 4.09. The Hall–Kier alpha value is -2.75. The molecule has 3 aromatic carbocycles. The molecule has 0 bridgehead atoms. The molecule has 0 aromatic heterocycles. The Kier molecular flexibility index (Phi) is 6.12. The van der Waals surface area contributed by atoms with E-state index in [4.69, 9.17) is 27.9 Å². The molecule has 1 amide bonds. The minimum absolute atomic E-state index is 0.0219. The average Bonchev–Trinajstić information content (AvgIpc) is 3.00.